The fourth-order valence-corrected chi connectivity index (χ4v) is 5.43. The van der Waals surface area contributed by atoms with Crippen LogP contribution in [0, 0.1) is 0 Å². The first kappa shape index (κ1) is 19.9. The fourth-order valence-electron chi connectivity index (χ4n) is 4.14. The Morgan fingerprint density at radius 2 is 1.69 bits per heavy atom. The number of aryl methyl sites for hydroxylation is 2. The number of ether oxygens (including phenoxy) is 1. The zero-order valence-electron chi connectivity index (χ0n) is 16.5. The molecule has 0 bridgehead atoms. The summed E-state index contributed by atoms with van der Waals surface area (Å²) in [6.07, 6.45) is 4.96. The van der Waals surface area contributed by atoms with Crippen molar-refractivity contribution in [1.29, 1.82) is 0 Å². The summed E-state index contributed by atoms with van der Waals surface area (Å²) in [6, 6.07) is 21.3. The van der Waals surface area contributed by atoms with Gasteiger partial charge in [-0.05, 0) is 79.6 Å². The number of halogens is 1. The number of benzene rings is 2. The van der Waals surface area contributed by atoms with Crippen molar-refractivity contribution in [2.75, 3.05) is 6.61 Å². The molecule has 0 unspecified atom stereocenters. The van der Waals surface area contributed by atoms with Gasteiger partial charge in [0.25, 0.3) is 0 Å². The Hall–Kier alpha value is -2.36. The highest BCUT2D eigenvalue weighted by atomic mass is 35.5. The summed E-state index contributed by atoms with van der Waals surface area (Å²) in [4.78, 5) is 7.80. The second kappa shape index (κ2) is 8.56. The first-order valence-electron chi connectivity index (χ1n) is 10.1. The molecule has 0 amide bonds. The van der Waals surface area contributed by atoms with Crippen LogP contribution in [-0.2, 0) is 12.8 Å². The van der Waals surface area contributed by atoms with Crippen molar-refractivity contribution in [2.45, 2.75) is 32.6 Å². The van der Waals surface area contributed by atoms with Crippen LogP contribution in [0.3, 0.4) is 0 Å². The van der Waals surface area contributed by atoms with E-state index in [0.29, 0.717) is 6.61 Å². The maximum Gasteiger partial charge on any atom is 0.125 e. The van der Waals surface area contributed by atoms with E-state index in [2.05, 4.69) is 48.5 Å². The van der Waals surface area contributed by atoms with Crippen molar-refractivity contribution in [3.63, 3.8) is 0 Å². The normalized spacial score (nSPS) is 13.0. The molecule has 2 heterocycles. The molecule has 0 aliphatic heterocycles. The lowest BCUT2D eigenvalue weighted by Gasteiger charge is -2.13. The smallest absolute Gasteiger partial charge is 0.125 e. The molecule has 0 fully saturated rings. The molecule has 0 saturated heterocycles. The van der Waals surface area contributed by atoms with Gasteiger partial charge in [0, 0.05) is 15.8 Å². The van der Waals surface area contributed by atoms with E-state index >= 15 is 0 Å². The Labute approximate surface area is 182 Å². The molecular formula is C25H24ClNOS. The number of nitrogens with zero attached hydrogens (tertiary/aromatic N) is 1. The lowest BCUT2D eigenvalue weighted by Crippen LogP contribution is -1.99. The quantitative estimate of drug-likeness (QED) is 0.344. The zero-order chi connectivity index (χ0) is 18.9. The van der Waals surface area contributed by atoms with E-state index in [-0.39, 0.29) is 12.4 Å². The molecule has 2 nitrogen and oxygen atoms in total. The summed E-state index contributed by atoms with van der Waals surface area (Å²) in [5, 5.41) is 1.38. The summed E-state index contributed by atoms with van der Waals surface area (Å²) in [5.41, 5.74) is 6.29. The van der Waals surface area contributed by atoms with Crippen molar-refractivity contribution >= 4 is 34.0 Å². The van der Waals surface area contributed by atoms with Gasteiger partial charge in [-0.15, -0.1) is 23.7 Å². The molecule has 5 rings (SSSR count). The van der Waals surface area contributed by atoms with E-state index in [4.69, 9.17) is 9.72 Å². The first-order valence-corrected chi connectivity index (χ1v) is 10.9. The third-order valence-electron chi connectivity index (χ3n) is 5.47. The maximum absolute atomic E-state index is 5.60. The molecule has 1 aliphatic carbocycles. The van der Waals surface area contributed by atoms with E-state index in [0.717, 1.165) is 17.0 Å². The molecular weight excluding hydrogens is 398 g/mol. The number of hydrogen-bond acceptors (Lipinski definition) is 3. The molecule has 0 atom stereocenters. The molecule has 0 N–H and O–H groups in total. The van der Waals surface area contributed by atoms with Crippen molar-refractivity contribution in [3.05, 3.63) is 71.1 Å². The van der Waals surface area contributed by atoms with Gasteiger partial charge in [-0.3, -0.25) is 0 Å². The Bertz CT molecular complexity index is 1120. The van der Waals surface area contributed by atoms with Crippen LogP contribution in [0.5, 0.6) is 5.75 Å². The van der Waals surface area contributed by atoms with E-state index in [1.165, 1.54) is 57.5 Å². The lowest BCUT2D eigenvalue weighted by atomic mass is 9.92. The van der Waals surface area contributed by atoms with Crippen molar-refractivity contribution in [2.24, 2.45) is 0 Å². The second-order valence-electron chi connectivity index (χ2n) is 7.27. The monoisotopic (exact) mass is 421 g/mol. The Morgan fingerprint density at radius 1 is 0.931 bits per heavy atom. The Morgan fingerprint density at radius 3 is 2.45 bits per heavy atom. The van der Waals surface area contributed by atoms with Gasteiger partial charge in [-0.2, -0.15) is 0 Å². The van der Waals surface area contributed by atoms with Crippen LogP contribution in [0.15, 0.2) is 60.7 Å². The first-order chi connectivity index (χ1) is 13.8. The number of hydrogen-bond donors (Lipinski definition) is 0. The minimum atomic E-state index is 0. The van der Waals surface area contributed by atoms with Crippen molar-refractivity contribution in [1.82, 2.24) is 4.98 Å². The molecule has 2 aromatic carbocycles. The minimum Gasteiger partial charge on any atom is -0.494 e. The molecule has 2 aromatic heterocycles. The maximum atomic E-state index is 5.60. The summed E-state index contributed by atoms with van der Waals surface area (Å²) >= 11 is 1.89. The molecule has 0 saturated carbocycles. The fraction of sp³-hybridized carbons (Fsp3) is 0.240. The molecule has 4 aromatic rings. The average molecular weight is 422 g/mol. The average Bonchev–Trinajstić information content (AvgIpc) is 3.13. The molecule has 4 heteroatoms. The molecule has 0 radical (unpaired) electrons. The van der Waals surface area contributed by atoms with E-state index < -0.39 is 0 Å². The van der Waals surface area contributed by atoms with Gasteiger partial charge >= 0.3 is 0 Å². The lowest BCUT2D eigenvalue weighted by molar-refractivity contribution is 0.340. The summed E-state index contributed by atoms with van der Waals surface area (Å²) in [6.45, 7) is 2.69. The van der Waals surface area contributed by atoms with Crippen LogP contribution in [-0.4, -0.2) is 11.6 Å². The largest absolute Gasteiger partial charge is 0.494 e. The number of aromatic nitrogens is 1. The van der Waals surface area contributed by atoms with Gasteiger partial charge in [-0.25, -0.2) is 4.98 Å². The highest BCUT2D eigenvalue weighted by Crippen LogP contribution is 2.42. The minimum absolute atomic E-state index is 0. The molecule has 29 heavy (non-hydrogen) atoms. The second-order valence-corrected chi connectivity index (χ2v) is 8.35. The van der Waals surface area contributed by atoms with Crippen molar-refractivity contribution in [3.8, 4) is 28.1 Å². The number of rotatable bonds is 4. The van der Waals surface area contributed by atoms with Gasteiger partial charge in [-0.1, -0.05) is 30.3 Å². The van der Waals surface area contributed by atoms with Crippen LogP contribution in [0.2, 0.25) is 0 Å². The predicted octanol–water partition coefficient (Wildman–Crippen LogP) is 7.33. The van der Waals surface area contributed by atoms with Gasteiger partial charge in [0.2, 0.25) is 0 Å². The zero-order valence-corrected chi connectivity index (χ0v) is 18.1. The molecule has 0 spiro atoms. The Kier molecular flexibility index (Phi) is 5.89. The number of thiophene rings is 1. The highest BCUT2D eigenvalue weighted by molar-refractivity contribution is 7.19. The van der Waals surface area contributed by atoms with Gasteiger partial charge in [0.05, 0.1) is 12.3 Å². The van der Waals surface area contributed by atoms with Crippen LogP contribution >= 0.6 is 23.7 Å². The number of pyridine rings is 1. The topological polar surface area (TPSA) is 22.1 Å². The van der Waals surface area contributed by atoms with Gasteiger partial charge in [0.1, 0.15) is 10.6 Å². The molecule has 1 aliphatic rings. The van der Waals surface area contributed by atoms with Crippen molar-refractivity contribution < 1.29 is 4.74 Å². The predicted molar refractivity (Wildman–Crippen MR) is 126 cm³/mol. The standard InChI is InChI=1S/C25H23NOS.ClH/c1-2-27-19-14-12-18(13-15-19)22-16-21(17-8-4-3-5-9-17)24-20-10-6-7-11-23(20)28-25(24)26-22;/h3-5,8-9,12-16H,2,6-7,10-11H2,1H3;1H. The highest BCUT2D eigenvalue weighted by Gasteiger charge is 2.21. The van der Waals surface area contributed by atoms with Crippen LogP contribution in [0.1, 0.15) is 30.2 Å². The molecule has 148 valence electrons. The van der Waals surface area contributed by atoms with Crippen LogP contribution in [0.4, 0.5) is 0 Å². The van der Waals surface area contributed by atoms with Gasteiger partial charge < -0.3 is 4.74 Å². The third-order valence-corrected chi connectivity index (χ3v) is 6.66. The Balaban J connectivity index is 0.00000205. The van der Waals surface area contributed by atoms with E-state index in [1.54, 1.807) is 0 Å². The van der Waals surface area contributed by atoms with Gasteiger partial charge in [0.15, 0.2) is 0 Å². The SMILES string of the molecule is CCOc1ccc(-c2cc(-c3ccccc3)c3c4c(sc3n2)CCCC4)cc1.Cl. The number of fused-ring (bicyclic) bond motifs is 3. The third kappa shape index (κ3) is 3.77. The van der Waals surface area contributed by atoms with Crippen LogP contribution in [0.25, 0.3) is 32.6 Å². The summed E-state index contributed by atoms with van der Waals surface area (Å²) in [7, 11) is 0. The summed E-state index contributed by atoms with van der Waals surface area (Å²) in [5.74, 6) is 0.905. The summed E-state index contributed by atoms with van der Waals surface area (Å²) < 4.78 is 5.60. The van der Waals surface area contributed by atoms with E-state index in [1.807, 2.05) is 30.4 Å². The van der Waals surface area contributed by atoms with E-state index in [9.17, 15) is 0 Å². The van der Waals surface area contributed by atoms with Crippen LogP contribution < -0.4 is 4.74 Å².